The second kappa shape index (κ2) is 6.00. The molecule has 1 atom stereocenters. The average Bonchev–Trinajstić information content (AvgIpc) is 3.07. The highest BCUT2D eigenvalue weighted by Crippen LogP contribution is 2.30. The van der Waals surface area contributed by atoms with Gasteiger partial charge in [-0.2, -0.15) is 0 Å². The van der Waals surface area contributed by atoms with Crippen LogP contribution in [0.2, 0.25) is 0 Å². The molecule has 1 N–H and O–H groups in total. The van der Waals surface area contributed by atoms with Crippen molar-refractivity contribution in [3.63, 3.8) is 0 Å². The number of fused-ring (bicyclic) bond motifs is 1. The van der Waals surface area contributed by atoms with Crippen molar-refractivity contribution in [1.82, 2.24) is 14.6 Å². The summed E-state index contributed by atoms with van der Waals surface area (Å²) < 4.78 is 6.80. The maximum Gasteiger partial charge on any atom is 0.272 e. The highest BCUT2D eigenvalue weighted by Gasteiger charge is 2.18. The van der Waals surface area contributed by atoms with E-state index in [1.807, 2.05) is 30.5 Å². The van der Waals surface area contributed by atoms with Gasteiger partial charge < -0.3 is 4.74 Å². The molecule has 0 bridgehead atoms. The monoisotopic (exact) mass is 321 g/mol. The zero-order valence-corrected chi connectivity index (χ0v) is 13.5. The van der Waals surface area contributed by atoms with E-state index in [1.165, 1.54) is 4.52 Å². The van der Waals surface area contributed by atoms with Crippen LogP contribution in [0.4, 0.5) is 0 Å². The van der Waals surface area contributed by atoms with Crippen LogP contribution in [0.1, 0.15) is 30.9 Å². The van der Waals surface area contributed by atoms with Crippen molar-refractivity contribution in [3.8, 4) is 16.9 Å². The standard InChI is InChI=1S/C19H19N3O2/c1-24-15-9-5-8-14(10-15)16-12-20-22-18(23)11-17(21-19(16)22)13-6-3-2-4-7-13/h2-3,5,8-13,20H,4,6-7H2,1H3. The fraction of sp³-hybridized carbons (Fsp3) is 0.263. The van der Waals surface area contributed by atoms with E-state index in [2.05, 4.69) is 17.3 Å². The van der Waals surface area contributed by atoms with Gasteiger partial charge >= 0.3 is 0 Å². The van der Waals surface area contributed by atoms with Gasteiger partial charge in [0.05, 0.1) is 12.8 Å². The average molecular weight is 321 g/mol. The van der Waals surface area contributed by atoms with Gasteiger partial charge in [0.25, 0.3) is 5.56 Å². The predicted molar refractivity (Wildman–Crippen MR) is 93.5 cm³/mol. The minimum Gasteiger partial charge on any atom is -0.497 e. The third-order valence-electron chi connectivity index (χ3n) is 4.59. The largest absolute Gasteiger partial charge is 0.497 e. The second-order valence-electron chi connectivity index (χ2n) is 6.08. The van der Waals surface area contributed by atoms with Gasteiger partial charge in [-0.25, -0.2) is 9.50 Å². The second-order valence-corrected chi connectivity index (χ2v) is 6.08. The Kier molecular flexibility index (Phi) is 3.69. The molecule has 0 radical (unpaired) electrons. The fourth-order valence-corrected chi connectivity index (χ4v) is 3.27. The van der Waals surface area contributed by atoms with Gasteiger partial charge in [0, 0.05) is 23.7 Å². The van der Waals surface area contributed by atoms with E-state index in [1.54, 1.807) is 13.2 Å². The van der Waals surface area contributed by atoms with Crippen LogP contribution in [0.5, 0.6) is 5.75 Å². The summed E-state index contributed by atoms with van der Waals surface area (Å²) in [6.07, 6.45) is 9.22. The summed E-state index contributed by atoms with van der Waals surface area (Å²) in [5.41, 5.74) is 3.35. The van der Waals surface area contributed by atoms with Gasteiger partial charge in [-0.1, -0.05) is 24.3 Å². The third-order valence-corrected chi connectivity index (χ3v) is 4.59. The lowest BCUT2D eigenvalue weighted by molar-refractivity contribution is 0.415. The Bertz CT molecular complexity index is 968. The Labute approximate surface area is 139 Å². The molecule has 24 heavy (non-hydrogen) atoms. The SMILES string of the molecule is COc1cccc(-c2c[nH]n3c(=O)cc(C4CC=CCC4)nc23)c1. The highest BCUT2D eigenvalue weighted by atomic mass is 16.5. The van der Waals surface area contributed by atoms with Gasteiger partial charge in [-0.15, -0.1) is 0 Å². The molecular weight excluding hydrogens is 302 g/mol. The van der Waals surface area contributed by atoms with Crippen LogP contribution in [-0.4, -0.2) is 21.7 Å². The number of rotatable bonds is 3. The molecule has 0 saturated heterocycles. The Hall–Kier alpha value is -2.82. The lowest BCUT2D eigenvalue weighted by atomic mass is 9.91. The van der Waals surface area contributed by atoms with Crippen LogP contribution in [0, 0.1) is 0 Å². The Balaban J connectivity index is 1.86. The topological polar surface area (TPSA) is 59.4 Å². The van der Waals surface area contributed by atoms with Crippen molar-refractivity contribution in [2.24, 2.45) is 0 Å². The Morgan fingerprint density at radius 3 is 3.00 bits per heavy atom. The number of ether oxygens (including phenoxy) is 1. The van der Waals surface area contributed by atoms with Crippen LogP contribution in [0.15, 0.2) is 53.5 Å². The molecule has 0 amide bonds. The van der Waals surface area contributed by atoms with E-state index in [0.29, 0.717) is 11.6 Å². The number of hydrogen-bond acceptors (Lipinski definition) is 3. The number of hydrogen-bond donors (Lipinski definition) is 1. The quantitative estimate of drug-likeness (QED) is 0.751. The molecule has 1 aromatic carbocycles. The maximum atomic E-state index is 12.5. The minimum atomic E-state index is -0.0706. The lowest BCUT2D eigenvalue weighted by Gasteiger charge is -2.17. The molecule has 0 saturated carbocycles. The first-order valence-corrected chi connectivity index (χ1v) is 8.17. The number of aromatic nitrogens is 3. The summed E-state index contributed by atoms with van der Waals surface area (Å²) in [5.74, 6) is 1.10. The van der Waals surface area contributed by atoms with Crippen molar-refractivity contribution in [2.75, 3.05) is 7.11 Å². The molecule has 0 fully saturated rings. The molecule has 2 heterocycles. The molecule has 4 rings (SSSR count). The molecule has 5 heteroatoms. The lowest BCUT2D eigenvalue weighted by Crippen LogP contribution is -2.17. The zero-order chi connectivity index (χ0) is 16.5. The van der Waals surface area contributed by atoms with Gasteiger partial charge in [0.15, 0.2) is 5.65 Å². The maximum absolute atomic E-state index is 12.5. The summed E-state index contributed by atoms with van der Waals surface area (Å²) >= 11 is 0. The number of allylic oxidation sites excluding steroid dienone is 2. The van der Waals surface area contributed by atoms with E-state index in [-0.39, 0.29) is 5.56 Å². The molecule has 0 aliphatic heterocycles. The molecule has 1 aliphatic carbocycles. The van der Waals surface area contributed by atoms with E-state index in [4.69, 9.17) is 9.72 Å². The first kappa shape index (κ1) is 14.8. The Morgan fingerprint density at radius 1 is 1.29 bits per heavy atom. The van der Waals surface area contributed by atoms with Crippen LogP contribution in [0.25, 0.3) is 16.8 Å². The normalized spacial score (nSPS) is 17.3. The number of H-pyrrole nitrogens is 1. The summed E-state index contributed by atoms with van der Waals surface area (Å²) in [6.45, 7) is 0. The first-order chi connectivity index (χ1) is 11.8. The number of benzene rings is 1. The number of nitrogens with zero attached hydrogens (tertiary/aromatic N) is 2. The molecule has 3 aromatic rings. The van der Waals surface area contributed by atoms with Gasteiger partial charge in [-0.3, -0.25) is 9.89 Å². The molecule has 2 aromatic heterocycles. The molecular formula is C19H19N3O2. The Morgan fingerprint density at radius 2 is 2.21 bits per heavy atom. The van der Waals surface area contributed by atoms with E-state index < -0.39 is 0 Å². The van der Waals surface area contributed by atoms with Crippen LogP contribution in [0.3, 0.4) is 0 Å². The zero-order valence-electron chi connectivity index (χ0n) is 13.5. The number of aromatic amines is 1. The van der Waals surface area contributed by atoms with Crippen molar-refractivity contribution < 1.29 is 4.74 Å². The van der Waals surface area contributed by atoms with Crippen molar-refractivity contribution in [3.05, 3.63) is 64.7 Å². The molecule has 1 aliphatic rings. The van der Waals surface area contributed by atoms with Crippen LogP contribution in [-0.2, 0) is 0 Å². The van der Waals surface area contributed by atoms with Crippen molar-refractivity contribution in [1.29, 1.82) is 0 Å². The van der Waals surface area contributed by atoms with Gasteiger partial charge in [0.2, 0.25) is 0 Å². The molecule has 5 nitrogen and oxygen atoms in total. The van der Waals surface area contributed by atoms with Crippen molar-refractivity contribution in [2.45, 2.75) is 25.2 Å². The summed E-state index contributed by atoms with van der Waals surface area (Å²) in [5, 5.41) is 3.01. The minimum absolute atomic E-state index is 0.0706. The number of nitrogens with one attached hydrogen (secondary N) is 1. The van der Waals surface area contributed by atoms with Crippen LogP contribution >= 0.6 is 0 Å². The highest BCUT2D eigenvalue weighted by molar-refractivity contribution is 5.77. The fourth-order valence-electron chi connectivity index (χ4n) is 3.27. The number of methoxy groups -OCH3 is 1. The van der Waals surface area contributed by atoms with Crippen molar-refractivity contribution >= 4 is 5.65 Å². The molecule has 0 spiro atoms. The van der Waals surface area contributed by atoms with E-state index in [0.717, 1.165) is 41.8 Å². The van der Waals surface area contributed by atoms with Gasteiger partial charge in [-0.05, 0) is 37.0 Å². The summed E-state index contributed by atoms with van der Waals surface area (Å²) in [6, 6.07) is 9.44. The summed E-state index contributed by atoms with van der Waals surface area (Å²) in [7, 11) is 1.64. The molecule has 122 valence electrons. The van der Waals surface area contributed by atoms with E-state index >= 15 is 0 Å². The summed E-state index contributed by atoms with van der Waals surface area (Å²) in [4.78, 5) is 17.3. The van der Waals surface area contributed by atoms with Gasteiger partial charge in [0.1, 0.15) is 5.75 Å². The predicted octanol–water partition coefficient (Wildman–Crippen LogP) is 3.52. The third kappa shape index (κ3) is 2.52. The smallest absolute Gasteiger partial charge is 0.272 e. The van der Waals surface area contributed by atoms with Crippen LogP contribution < -0.4 is 10.3 Å². The molecule has 1 unspecified atom stereocenters. The van der Waals surface area contributed by atoms with E-state index in [9.17, 15) is 4.79 Å². The first-order valence-electron chi connectivity index (χ1n) is 8.17.